The number of aromatic nitrogens is 5. The zero-order chi connectivity index (χ0) is 51.2. The molecule has 6 heterocycles. The van der Waals surface area contributed by atoms with Crippen LogP contribution in [-0.2, 0) is 45.2 Å². The van der Waals surface area contributed by atoms with Gasteiger partial charge in [-0.2, -0.15) is 0 Å². The lowest BCUT2D eigenvalue weighted by atomic mass is 9.82. The van der Waals surface area contributed by atoms with Gasteiger partial charge in [-0.25, -0.2) is 4.98 Å². The minimum atomic E-state index is -0.958. The van der Waals surface area contributed by atoms with Crippen LogP contribution in [0.2, 0.25) is 0 Å². The van der Waals surface area contributed by atoms with Crippen molar-refractivity contribution in [1.29, 1.82) is 0 Å². The average Bonchev–Trinajstić information content (AvgIpc) is 4.21. The first-order valence-electron chi connectivity index (χ1n) is 25.2. The Hall–Kier alpha value is -6.86. The third-order valence-electron chi connectivity index (χ3n) is 14.3. The Bertz CT molecular complexity index is 2900. The second kappa shape index (κ2) is 22.5. The normalized spacial score (nSPS) is 19.9. The molecule has 2 saturated heterocycles. The minimum Gasteiger partial charge on any atom is -0.394 e. The van der Waals surface area contributed by atoms with Crippen LogP contribution in [0.3, 0.4) is 0 Å². The third-order valence-corrected chi connectivity index (χ3v) is 15.3. The molecular weight excluding hydrogens is 943 g/mol. The van der Waals surface area contributed by atoms with Gasteiger partial charge in [-0.3, -0.25) is 33.7 Å². The maximum atomic E-state index is 14.1. The number of rotatable bonds is 18. The van der Waals surface area contributed by atoms with Crippen LogP contribution >= 0.6 is 11.3 Å². The highest BCUT2D eigenvalue weighted by Crippen LogP contribution is 2.48. The molecule has 6 N–H and O–H groups in total. The van der Waals surface area contributed by atoms with Crippen molar-refractivity contribution in [3.63, 3.8) is 0 Å². The van der Waals surface area contributed by atoms with E-state index in [1.54, 1.807) is 22.2 Å². The molecule has 2 fully saturated rings. The number of hydrogen-bond donors (Lipinski definition) is 6. The lowest BCUT2D eigenvalue weighted by Gasteiger charge is -2.39. The number of likely N-dealkylation sites (tertiary alicyclic amines) is 2. The van der Waals surface area contributed by atoms with Crippen LogP contribution < -0.4 is 21.3 Å². The van der Waals surface area contributed by atoms with Crippen molar-refractivity contribution in [3.8, 4) is 21.6 Å². The van der Waals surface area contributed by atoms with Gasteiger partial charge in [-0.05, 0) is 108 Å². The molecule has 17 nitrogen and oxygen atoms in total. The number of aryl methyl sites for hydroxylation is 3. The summed E-state index contributed by atoms with van der Waals surface area (Å²) in [5.74, 6) is -1.01. The summed E-state index contributed by atoms with van der Waals surface area (Å²) >= 11 is 1.57. The molecule has 3 aliphatic heterocycles. The number of nitrogens with zero attached hydrogens (tertiary/aromatic N) is 7. The molecule has 0 spiro atoms. The van der Waals surface area contributed by atoms with Crippen molar-refractivity contribution in [2.24, 2.45) is 11.3 Å². The van der Waals surface area contributed by atoms with Gasteiger partial charge in [-0.15, -0.1) is 16.4 Å². The van der Waals surface area contributed by atoms with Crippen molar-refractivity contribution in [1.82, 2.24) is 45.4 Å². The van der Waals surface area contributed by atoms with Crippen molar-refractivity contribution >= 4 is 46.3 Å². The predicted octanol–water partition coefficient (Wildman–Crippen LogP) is 6.28. The topological polar surface area (TPSA) is 220 Å². The summed E-state index contributed by atoms with van der Waals surface area (Å²) < 4.78 is 1.58. The first kappa shape index (κ1) is 51.1. The maximum absolute atomic E-state index is 14.1. The van der Waals surface area contributed by atoms with Gasteiger partial charge in [0.15, 0.2) is 0 Å². The van der Waals surface area contributed by atoms with E-state index in [1.165, 1.54) is 16.0 Å². The first-order chi connectivity index (χ1) is 35.2. The van der Waals surface area contributed by atoms with Crippen molar-refractivity contribution in [2.45, 2.75) is 116 Å². The first-order valence-corrected chi connectivity index (χ1v) is 26.1. The summed E-state index contributed by atoms with van der Waals surface area (Å²) in [5.41, 5.74) is 10.9. The number of carbonyl (C=O) groups is 4. The van der Waals surface area contributed by atoms with Gasteiger partial charge < -0.3 is 36.4 Å². The van der Waals surface area contributed by atoms with E-state index in [9.17, 15) is 29.4 Å². The SMILES string of the molecule is Cc1ncsc1-c1ccc(CNC(=O)[C@@H]2C[C@@H](O)CN2C(=O)[C@@H](NC(=O)CCn2cc(CCCC(=O)Nc3cccc(-c4ccc5c(c4)[C@H]4[C@H](CCN4Cc4ccncc4)[C@@H](CO)N5)c3)nn2)C(C)(C)C)cc1. The summed E-state index contributed by atoms with van der Waals surface area (Å²) in [6.07, 6.45) is 6.97. The Labute approximate surface area is 429 Å². The fraction of sp³-hybridized carbons (Fsp3) is 0.418. The van der Waals surface area contributed by atoms with E-state index in [4.69, 9.17) is 0 Å². The average molecular weight is 1010 g/mol. The summed E-state index contributed by atoms with van der Waals surface area (Å²) in [4.78, 5) is 67.8. The second-order valence-electron chi connectivity index (χ2n) is 20.6. The van der Waals surface area contributed by atoms with E-state index < -0.39 is 29.5 Å². The molecule has 0 bridgehead atoms. The van der Waals surface area contributed by atoms with E-state index in [-0.39, 0.29) is 81.2 Å². The largest absolute Gasteiger partial charge is 0.394 e. The lowest BCUT2D eigenvalue weighted by Crippen LogP contribution is -2.57. The Morgan fingerprint density at radius 3 is 2.47 bits per heavy atom. The molecular formula is C55H65N11O6S. The number of aliphatic hydroxyl groups is 2. The van der Waals surface area contributed by atoms with Gasteiger partial charge in [0, 0.05) is 80.8 Å². The van der Waals surface area contributed by atoms with Crippen molar-refractivity contribution < 1.29 is 29.4 Å². The predicted molar refractivity (Wildman–Crippen MR) is 280 cm³/mol. The highest BCUT2D eigenvalue weighted by Gasteiger charge is 2.45. The molecule has 6 aromatic rings. The number of benzene rings is 3. The zero-order valence-corrected chi connectivity index (χ0v) is 42.6. The van der Waals surface area contributed by atoms with Gasteiger partial charge in [-0.1, -0.05) is 68.4 Å². The maximum Gasteiger partial charge on any atom is 0.246 e. The molecule has 4 amide bonds. The van der Waals surface area contributed by atoms with Crippen molar-refractivity contribution in [2.75, 3.05) is 30.3 Å². The van der Waals surface area contributed by atoms with Gasteiger partial charge in [0.05, 0.1) is 47.1 Å². The molecule has 382 valence electrons. The van der Waals surface area contributed by atoms with Crippen LogP contribution in [0.25, 0.3) is 21.6 Å². The molecule has 0 radical (unpaired) electrons. The van der Waals surface area contributed by atoms with Crippen LogP contribution in [0.1, 0.15) is 87.0 Å². The van der Waals surface area contributed by atoms with Crippen LogP contribution in [0.15, 0.2) is 103 Å². The number of thiazole rings is 1. The number of carbonyl (C=O) groups excluding carboxylic acids is 4. The minimum absolute atomic E-state index is 0.0142. The van der Waals surface area contributed by atoms with Crippen molar-refractivity contribution in [3.05, 3.63) is 131 Å². The standard InChI is InChI=1S/C55H65N11O6S/c1-34-51(73-33-58-34)37-13-11-35(12-14-37)28-57-53(71)47-27-42(68)31-66(47)54(72)52(55(2,3)4)61-49(70)20-24-65-30-41(62-63-65)9-6-10-48(69)59-40-8-5-7-38(25-40)39-15-16-45-44(26-39)50-43(46(32-67)60-45)19-23-64(50)29-36-17-21-56-22-18-36/h5,7-8,11-18,21-22,25-26,30,33,42-43,46-47,50,52,60,67-68H,6,9-10,19-20,23-24,27-29,31-32H2,1-4H3,(H,57,71)(H,59,69)(H,61,70)/t42-,43-,46-,47+,50-,52-/m1/s1. The molecule has 3 aromatic carbocycles. The number of nitrogens with one attached hydrogen (secondary N) is 4. The van der Waals surface area contributed by atoms with E-state index in [1.807, 2.05) is 94.1 Å². The number of amides is 4. The molecule has 6 atom stereocenters. The third kappa shape index (κ3) is 12.2. The van der Waals surface area contributed by atoms with Crippen LogP contribution in [-0.4, -0.2) is 113 Å². The lowest BCUT2D eigenvalue weighted by molar-refractivity contribution is -0.144. The van der Waals surface area contributed by atoms with E-state index in [2.05, 4.69) is 76.8 Å². The summed E-state index contributed by atoms with van der Waals surface area (Å²) in [6.45, 7) is 9.78. The van der Waals surface area contributed by atoms with Crippen LogP contribution in [0.5, 0.6) is 0 Å². The van der Waals surface area contributed by atoms with Gasteiger partial charge in [0.1, 0.15) is 12.1 Å². The molecule has 18 heteroatoms. The molecule has 0 aliphatic carbocycles. The molecule has 9 rings (SSSR count). The van der Waals surface area contributed by atoms with Crippen LogP contribution in [0.4, 0.5) is 11.4 Å². The highest BCUT2D eigenvalue weighted by molar-refractivity contribution is 7.13. The highest BCUT2D eigenvalue weighted by atomic mass is 32.1. The quantitative estimate of drug-likeness (QED) is 0.0561. The number of pyridine rings is 1. The fourth-order valence-corrected chi connectivity index (χ4v) is 11.3. The summed E-state index contributed by atoms with van der Waals surface area (Å²) in [7, 11) is 0. The Morgan fingerprint density at radius 1 is 0.932 bits per heavy atom. The monoisotopic (exact) mass is 1010 g/mol. The zero-order valence-electron chi connectivity index (χ0n) is 41.8. The van der Waals surface area contributed by atoms with E-state index >= 15 is 0 Å². The Morgan fingerprint density at radius 2 is 1.71 bits per heavy atom. The summed E-state index contributed by atoms with van der Waals surface area (Å²) in [6, 6.07) is 24.6. The number of aliphatic hydroxyl groups excluding tert-OH is 2. The number of anilines is 2. The number of hydrogen-bond acceptors (Lipinski definition) is 13. The molecule has 0 saturated carbocycles. The Kier molecular flexibility index (Phi) is 15.7. The van der Waals surface area contributed by atoms with E-state index in [0.29, 0.717) is 24.2 Å². The molecule has 0 unspecified atom stereocenters. The second-order valence-corrected chi connectivity index (χ2v) is 21.5. The Balaban J connectivity index is 0.738. The van der Waals surface area contributed by atoms with E-state index in [0.717, 1.165) is 58.0 Å². The number of β-amino-alcohol motifs (C(OH)–C–C–N with tert-alkyl or cyclic N) is 1. The van der Waals surface area contributed by atoms with Gasteiger partial charge >= 0.3 is 0 Å². The fourth-order valence-electron chi connectivity index (χ4n) is 10.5. The van der Waals surface area contributed by atoms with Gasteiger partial charge in [0.2, 0.25) is 23.6 Å². The molecule has 3 aromatic heterocycles. The van der Waals surface area contributed by atoms with Crippen LogP contribution in [0, 0.1) is 18.3 Å². The summed E-state index contributed by atoms with van der Waals surface area (Å²) in [5, 5.41) is 41.9. The number of fused-ring (bicyclic) bond motifs is 3. The smallest absolute Gasteiger partial charge is 0.246 e. The molecule has 73 heavy (non-hydrogen) atoms. The van der Waals surface area contributed by atoms with Gasteiger partial charge in [0.25, 0.3) is 0 Å². The molecule has 3 aliphatic rings.